The van der Waals surface area contributed by atoms with Gasteiger partial charge in [-0.3, -0.25) is 0 Å². The number of nitrogens with one attached hydrogen (secondary N) is 1. The smallest absolute Gasteiger partial charge is 0.125 e. The van der Waals surface area contributed by atoms with Gasteiger partial charge >= 0.3 is 0 Å². The van der Waals surface area contributed by atoms with E-state index >= 15 is 0 Å². The fourth-order valence-corrected chi connectivity index (χ4v) is 2.79. The molecule has 0 amide bonds. The van der Waals surface area contributed by atoms with Gasteiger partial charge in [0.25, 0.3) is 0 Å². The van der Waals surface area contributed by atoms with E-state index in [1.54, 1.807) is 0 Å². The summed E-state index contributed by atoms with van der Waals surface area (Å²) in [5, 5.41) is 3.59. The summed E-state index contributed by atoms with van der Waals surface area (Å²) in [7, 11) is 0. The number of hydrogen-bond acceptors (Lipinski definition) is 3. The molecule has 0 aliphatic heterocycles. The number of aromatic nitrogens is 2. The Morgan fingerprint density at radius 2 is 2.44 bits per heavy atom. The number of rotatable bonds is 3. The lowest BCUT2D eigenvalue weighted by Gasteiger charge is -2.40. The zero-order valence-corrected chi connectivity index (χ0v) is 9.56. The van der Waals surface area contributed by atoms with E-state index in [0.29, 0.717) is 6.04 Å². The van der Waals surface area contributed by atoms with E-state index in [9.17, 15) is 0 Å². The molecular weight excluding hydrogens is 198 g/mol. The highest BCUT2D eigenvalue weighted by Gasteiger charge is 2.40. The van der Waals surface area contributed by atoms with Gasteiger partial charge < -0.3 is 5.32 Å². The topological polar surface area (TPSA) is 37.8 Å². The largest absolute Gasteiger partial charge is 0.308 e. The molecule has 2 aliphatic carbocycles. The van der Waals surface area contributed by atoms with Crippen LogP contribution in [0.5, 0.6) is 0 Å². The van der Waals surface area contributed by atoms with Gasteiger partial charge in [0, 0.05) is 18.8 Å². The molecule has 1 saturated carbocycles. The van der Waals surface area contributed by atoms with Crippen LogP contribution in [-0.4, -0.2) is 16.0 Å². The van der Waals surface area contributed by atoms with Crippen LogP contribution < -0.4 is 5.32 Å². The van der Waals surface area contributed by atoms with Gasteiger partial charge in [-0.25, -0.2) is 9.97 Å². The molecule has 3 atom stereocenters. The molecule has 0 aromatic carbocycles. The second-order valence-electron chi connectivity index (χ2n) is 4.82. The first-order valence-corrected chi connectivity index (χ1v) is 6.01. The minimum Gasteiger partial charge on any atom is -0.308 e. The van der Waals surface area contributed by atoms with Crippen LogP contribution in [-0.2, 0) is 6.54 Å². The lowest BCUT2D eigenvalue weighted by Crippen LogP contribution is -2.47. The van der Waals surface area contributed by atoms with E-state index in [1.807, 2.05) is 19.2 Å². The maximum Gasteiger partial charge on any atom is 0.125 e. The second kappa shape index (κ2) is 3.98. The maximum absolute atomic E-state index is 4.40. The van der Waals surface area contributed by atoms with Crippen LogP contribution in [0.4, 0.5) is 0 Å². The number of aryl methyl sites for hydroxylation is 1. The summed E-state index contributed by atoms with van der Waals surface area (Å²) in [4.78, 5) is 8.50. The summed E-state index contributed by atoms with van der Waals surface area (Å²) in [6, 6.07) is 2.65. The van der Waals surface area contributed by atoms with Crippen molar-refractivity contribution < 1.29 is 0 Å². The molecule has 2 aliphatic rings. The molecule has 16 heavy (non-hydrogen) atoms. The predicted octanol–water partition coefficient (Wildman–Crippen LogP) is 1.84. The molecule has 3 rings (SSSR count). The Hall–Kier alpha value is -1.22. The van der Waals surface area contributed by atoms with Crippen molar-refractivity contribution in [1.29, 1.82) is 0 Å². The minimum atomic E-state index is 0.666. The maximum atomic E-state index is 4.40. The zero-order chi connectivity index (χ0) is 11.0. The van der Waals surface area contributed by atoms with Gasteiger partial charge in [0.05, 0.1) is 5.69 Å². The monoisotopic (exact) mass is 215 g/mol. The van der Waals surface area contributed by atoms with Crippen molar-refractivity contribution in [3.8, 4) is 0 Å². The number of fused-ring (bicyclic) bond motifs is 1. The van der Waals surface area contributed by atoms with Gasteiger partial charge in [-0.05, 0) is 37.7 Å². The van der Waals surface area contributed by atoms with Crippen molar-refractivity contribution in [2.45, 2.75) is 32.4 Å². The van der Waals surface area contributed by atoms with Gasteiger partial charge in [-0.1, -0.05) is 12.2 Å². The third kappa shape index (κ3) is 1.76. The molecule has 3 heteroatoms. The van der Waals surface area contributed by atoms with E-state index in [4.69, 9.17) is 0 Å². The standard InChI is InChI=1S/C13H17N3/c1-9-14-6-5-11(16-9)8-15-13-7-10-3-2-4-12(10)13/h2,4-6,10,12-13,15H,3,7-8H2,1H3. The third-order valence-electron chi connectivity index (χ3n) is 3.74. The Labute approximate surface area is 96.0 Å². The van der Waals surface area contributed by atoms with Crippen molar-refractivity contribution in [3.05, 3.63) is 35.9 Å². The molecule has 3 unspecified atom stereocenters. The molecule has 84 valence electrons. The summed E-state index contributed by atoms with van der Waals surface area (Å²) < 4.78 is 0. The van der Waals surface area contributed by atoms with Crippen LogP contribution in [0.1, 0.15) is 24.4 Å². The first-order chi connectivity index (χ1) is 7.83. The number of allylic oxidation sites excluding steroid dienone is 1. The van der Waals surface area contributed by atoms with Gasteiger partial charge in [-0.15, -0.1) is 0 Å². The Kier molecular flexibility index (Phi) is 2.48. The Morgan fingerprint density at radius 3 is 3.25 bits per heavy atom. The van der Waals surface area contributed by atoms with Gasteiger partial charge in [0.15, 0.2) is 0 Å². The number of nitrogens with zero attached hydrogens (tertiary/aromatic N) is 2. The quantitative estimate of drug-likeness (QED) is 0.782. The van der Waals surface area contributed by atoms with Crippen LogP contribution >= 0.6 is 0 Å². The molecule has 3 nitrogen and oxygen atoms in total. The third-order valence-corrected chi connectivity index (χ3v) is 3.74. The van der Waals surface area contributed by atoms with Crippen LogP contribution in [0.15, 0.2) is 24.4 Å². The summed E-state index contributed by atoms with van der Waals surface area (Å²) in [5.41, 5.74) is 1.10. The van der Waals surface area contributed by atoms with Crippen molar-refractivity contribution in [2.75, 3.05) is 0 Å². The average Bonchev–Trinajstić information content (AvgIpc) is 2.61. The van der Waals surface area contributed by atoms with E-state index in [-0.39, 0.29) is 0 Å². The summed E-state index contributed by atoms with van der Waals surface area (Å²) in [6.45, 7) is 2.80. The molecule has 0 saturated heterocycles. The first kappa shape index (κ1) is 9.97. The average molecular weight is 215 g/mol. The lowest BCUT2D eigenvalue weighted by molar-refractivity contribution is 0.161. The van der Waals surface area contributed by atoms with E-state index in [2.05, 4.69) is 27.4 Å². The Bertz CT molecular complexity index is 413. The van der Waals surface area contributed by atoms with Crippen LogP contribution in [0, 0.1) is 18.8 Å². The van der Waals surface area contributed by atoms with Gasteiger partial charge in [0.1, 0.15) is 5.82 Å². The molecule has 1 fully saturated rings. The van der Waals surface area contributed by atoms with Crippen LogP contribution in [0.3, 0.4) is 0 Å². The summed E-state index contributed by atoms with van der Waals surface area (Å²) >= 11 is 0. The first-order valence-electron chi connectivity index (χ1n) is 6.01. The number of hydrogen-bond donors (Lipinski definition) is 1. The van der Waals surface area contributed by atoms with E-state index in [1.165, 1.54) is 12.8 Å². The van der Waals surface area contributed by atoms with Crippen molar-refractivity contribution >= 4 is 0 Å². The molecule has 0 radical (unpaired) electrons. The summed E-state index contributed by atoms with van der Waals surface area (Å²) in [5.74, 6) is 2.55. The highest BCUT2D eigenvalue weighted by atomic mass is 15.0. The SMILES string of the molecule is Cc1nccc(CNC2CC3CC=CC32)n1. The minimum absolute atomic E-state index is 0.666. The Morgan fingerprint density at radius 1 is 1.50 bits per heavy atom. The van der Waals surface area contributed by atoms with E-state index < -0.39 is 0 Å². The van der Waals surface area contributed by atoms with Crippen LogP contribution in [0.25, 0.3) is 0 Å². The Balaban J connectivity index is 1.55. The fraction of sp³-hybridized carbons (Fsp3) is 0.538. The highest BCUT2D eigenvalue weighted by molar-refractivity contribution is 5.13. The van der Waals surface area contributed by atoms with Crippen molar-refractivity contribution in [2.24, 2.45) is 11.8 Å². The predicted molar refractivity (Wildman–Crippen MR) is 62.8 cm³/mol. The van der Waals surface area contributed by atoms with Crippen molar-refractivity contribution in [1.82, 2.24) is 15.3 Å². The van der Waals surface area contributed by atoms with Crippen molar-refractivity contribution in [3.63, 3.8) is 0 Å². The summed E-state index contributed by atoms with van der Waals surface area (Å²) in [6.07, 6.45) is 9.14. The molecular formula is C13H17N3. The van der Waals surface area contributed by atoms with Gasteiger partial charge in [0.2, 0.25) is 0 Å². The van der Waals surface area contributed by atoms with Gasteiger partial charge in [-0.2, -0.15) is 0 Å². The van der Waals surface area contributed by atoms with E-state index in [0.717, 1.165) is 29.9 Å². The lowest BCUT2D eigenvalue weighted by atomic mass is 9.71. The molecule has 1 aromatic heterocycles. The highest BCUT2D eigenvalue weighted by Crippen LogP contribution is 2.42. The zero-order valence-electron chi connectivity index (χ0n) is 9.56. The fourth-order valence-electron chi connectivity index (χ4n) is 2.79. The molecule has 1 aromatic rings. The molecule has 1 N–H and O–H groups in total. The normalized spacial score (nSPS) is 31.2. The molecule has 0 spiro atoms. The van der Waals surface area contributed by atoms with Crippen LogP contribution in [0.2, 0.25) is 0 Å². The molecule has 0 bridgehead atoms. The molecule has 1 heterocycles. The second-order valence-corrected chi connectivity index (χ2v) is 4.82.